The van der Waals surface area contributed by atoms with Gasteiger partial charge in [0.2, 0.25) is 5.91 Å². The number of piperidine rings is 1. The monoisotopic (exact) mass is 253 g/mol. The molecule has 6 nitrogen and oxygen atoms in total. The van der Waals surface area contributed by atoms with E-state index in [-0.39, 0.29) is 17.6 Å². The summed E-state index contributed by atoms with van der Waals surface area (Å²) in [5, 5.41) is 16.2. The average molecular weight is 253 g/mol. The number of non-ortho nitro benzene ring substituents is 1. The van der Waals surface area contributed by atoms with Crippen LogP contribution in [0, 0.1) is 15.9 Å². The number of benzene rings is 1. The lowest BCUT2D eigenvalue weighted by atomic mass is 10.1. The Morgan fingerprint density at radius 2 is 2.22 bits per heavy atom. The third-order valence-corrected chi connectivity index (χ3v) is 2.73. The van der Waals surface area contributed by atoms with Crippen molar-refractivity contribution in [1.82, 2.24) is 5.32 Å². The van der Waals surface area contributed by atoms with Crippen molar-refractivity contribution in [2.24, 2.45) is 0 Å². The second-order valence-electron chi connectivity index (χ2n) is 4.14. The minimum atomic E-state index is -0.661. The van der Waals surface area contributed by atoms with E-state index in [1.165, 1.54) is 12.1 Å². The van der Waals surface area contributed by atoms with Gasteiger partial charge in [0.25, 0.3) is 5.69 Å². The van der Waals surface area contributed by atoms with Crippen LogP contribution in [0.5, 0.6) is 0 Å². The lowest BCUT2D eigenvalue weighted by Crippen LogP contribution is -2.41. The van der Waals surface area contributed by atoms with E-state index in [9.17, 15) is 19.3 Å². The second kappa shape index (κ2) is 4.99. The van der Waals surface area contributed by atoms with Gasteiger partial charge < -0.3 is 10.6 Å². The first kappa shape index (κ1) is 12.3. The van der Waals surface area contributed by atoms with Gasteiger partial charge in [-0.3, -0.25) is 14.9 Å². The Morgan fingerprint density at radius 3 is 2.83 bits per heavy atom. The van der Waals surface area contributed by atoms with E-state index in [1.54, 1.807) is 0 Å². The molecule has 1 aliphatic heterocycles. The van der Waals surface area contributed by atoms with Gasteiger partial charge in [0.1, 0.15) is 5.82 Å². The molecular formula is C11H12FN3O3. The van der Waals surface area contributed by atoms with Gasteiger partial charge in [-0.1, -0.05) is 0 Å². The van der Waals surface area contributed by atoms with E-state index < -0.39 is 10.7 Å². The summed E-state index contributed by atoms with van der Waals surface area (Å²) in [6, 6.07) is 3.31. The maximum Gasteiger partial charge on any atom is 0.274 e. The van der Waals surface area contributed by atoms with E-state index in [4.69, 9.17) is 0 Å². The average Bonchev–Trinajstić information content (AvgIpc) is 2.31. The third kappa shape index (κ3) is 2.93. The maximum absolute atomic E-state index is 13.2. The molecule has 1 aliphatic rings. The molecule has 1 saturated heterocycles. The molecule has 0 aromatic heterocycles. The van der Waals surface area contributed by atoms with Crippen LogP contribution in [0.3, 0.4) is 0 Å². The van der Waals surface area contributed by atoms with Gasteiger partial charge in [-0.05, 0) is 12.5 Å². The minimum absolute atomic E-state index is 0.0155. The van der Waals surface area contributed by atoms with Crippen molar-refractivity contribution in [2.45, 2.75) is 18.9 Å². The number of carbonyl (C=O) groups is 1. The van der Waals surface area contributed by atoms with Gasteiger partial charge in [-0.15, -0.1) is 0 Å². The first-order chi connectivity index (χ1) is 8.54. The Balaban J connectivity index is 2.09. The highest BCUT2D eigenvalue weighted by atomic mass is 19.1. The molecule has 1 heterocycles. The van der Waals surface area contributed by atoms with Crippen LogP contribution in [0.1, 0.15) is 12.8 Å². The number of hydrogen-bond donors (Lipinski definition) is 2. The van der Waals surface area contributed by atoms with Gasteiger partial charge in [0.05, 0.1) is 11.0 Å². The second-order valence-corrected chi connectivity index (χ2v) is 4.14. The van der Waals surface area contributed by atoms with Crippen LogP contribution >= 0.6 is 0 Å². The molecule has 0 bridgehead atoms. The molecule has 1 fully saturated rings. The molecule has 0 aliphatic carbocycles. The molecule has 1 aromatic rings. The largest absolute Gasteiger partial charge is 0.380 e. The molecule has 2 N–H and O–H groups in total. The smallest absolute Gasteiger partial charge is 0.274 e. The highest BCUT2D eigenvalue weighted by Crippen LogP contribution is 2.21. The van der Waals surface area contributed by atoms with E-state index >= 15 is 0 Å². The first-order valence-electron chi connectivity index (χ1n) is 5.53. The van der Waals surface area contributed by atoms with Crippen molar-refractivity contribution in [3.63, 3.8) is 0 Å². The fourth-order valence-electron chi connectivity index (χ4n) is 1.85. The van der Waals surface area contributed by atoms with Gasteiger partial charge in [-0.25, -0.2) is 4.39 Å². The van der Waals surface area contributed by atoms with Crippen LogP contribution in [0.15, 0.2) is 18.2 Å². The summed E-state index contributed by atoms with van der Waals surface area (Å²) in [4.78, 5) is 20.9. The SMILES string of the molecule is O=C1CCC(Nc2cc(F)cc([N+](=O)[O-])c2)CN1. The number of nitro groups is 1. The Bertz CT molecular complexity index is 482. The number of amides is 1. The fraction of sp³-hybridized carbons (Fsp3) is 0.364. The highest BCUT2D eigenvalue weighted by Gasteiger charge is 2.18. The molecule has 0 radical (unpaired) electrons. The Hall–Kier alpha value is -2.18. The fourth-order valence-corrected chi connectivity index (χ4v) is 1.85. The summed E-state index contributed by atoms with van der Waals surface area (Å²) in [5.74, 6) is -0.676. The zero-order valence-corrected chi connectivity index (χ0v) is 9.48. The summed E-state index contributed by atoms with van der Waals surface area (Å²) in [5.41, 5.74) is 0.0557. The van der Waals surface area contributed by atoms with E-state index in [0.717, 1.165) is 6.07 Å². The predicted molar refractivity (Wildman–Crippen MR) is 62.7 cm³/mol. The van der Waals surface area contributed by atoms with Crippen molar-refractivity contribution in [1.29, 1.82) is 0 Å². The van der Waals surface area contributed by atoms with Gasteiger partial charge in [0, 0.05) is 30.8 Å². The number of carbonyl (C=O) groups excluding carboxylic acids is 1. The lowest BCUT2D eigenvalue weighted by molar-refractivity contribution is -0.385. The van der Waals surface area contributed by atoms with E-state index in [2.05, 4.69) is 10.6 Å². The Morgan fingerprint density at radius 1 is 1.44 bits per heavy atom. The topological polar surface area (TPSA) is 84.3 Å². The molecule has 2 rings (SSSR count). The van der Waals surface area contributed by atoms with Crippen molar-refractivity contribution >= 4 is 17.3 Å². The number of hydrogen-bond acceptors (Lipinski definition) is 4. The minimum Gasteiger partial charge on any atom is -0.380 e. The maximum atomic E-state index is 13.2. The number of rotatable bonds is 3. The normalized spacial score (nSPS) is 19.2. The van der Waals surface area contributed by atoms with Gasteiger partial charge in [-0.2, -0.15) is 0 Å². The number of nitrogens with one attached hydrogen (secondary N) is 2. The molecule has 7 heteroatoms. The molecule has 0 saturated carbocycles. The standard InChI is InChI=1S/C11H12FN3O3/c12-7-3-9(5-10(4-7)15(17)18)14-8-1-2-11(16)13-6-8/h3-5,8,14H,1-2,6H2,(H,13,16). The van der Waals surface area contributed by atoms with E-state index in [0.29, 0.717) is 25.1 Å². The molecule has 18 heavy (non-hydrogen) atoms. The van der Waals surface area contributed by atoms with Crippen LogP contribution in [-0.2, 0) is 4.79 Å². The molecule has 96 valence electrons. The molecule has 0 spiro atoms. The van der Waals surface area contributed by atoms with Crippen LogP contribution < -0.4 is 10.6 Å². The number of nitro benzene ring substituents is 1. The van der Waals surface area contributed by atoms with Gasteiger partial charge in [0.15, 0.2) is 0 Å². The molecule has 1 atom stereocenters. The van der Waals surface area contributed by atoms with Crippen molar-refractivity contribution in [3.05, 3.63) is 34.1 Å². The summed E-state index contributed by atoms with van der Waals surface area (Å²) < 4.78 is 13.2. The zero-order valence-electron chi connectivity index (χ0n) is 9.48. The van der Waals surface area contributed by atoms with Crippen molar-refractivity contribution < 1.29 is 14.1 Å². The van der Waals surface area contributed by atoms with Crippen LogP contribution in [0.4, 0.5) is 15.8 Å². The Labute approximate surface area is 102 Å². The quantitative estimate of drug-likeness (QED) is 0.630. The number of halogens is 1. The Kier molecular flexibility index (Phi) is 3.40. The predicted octanol–water partition coefficient (Wildman–Crippen LogP) is 1.42. The van der Waals surface area contributed by atoms with E-state index in [1.807, 2.05) is 0 Å². The number of nitrogens with zero attached hydrogens (tertiary/aromatic N) is 1. The summed E-state index contributed by atoms with van der Waals surface area (Å²) in [6.07, 6.45) is 1.02. The summed E-state index contributed by atoms with van der Waals surface area (Å²) in [7, 11) is 0. The number of anilines is 1. The molecule has 1 aromatic carbocycles. The van der Waals surface area contributed by atoms with Crippen molar-refractivity contribution in [2.75, 3.05) is 11.9 Å². The lowest BCUT2D eigenvalue weighted by Gasteiger charge is -2.24. The highest BCUT2D eigenvalue weighted by molar-refractivity contribution is 5.77. The van der Waals surface area contributed by atoms with Gasteiger partial charge >= 0.3 is 0 Å². The van der Waals surface area contributed by atoms with Crippen LogP contribution in [0.25, 0.3) is 0 Å². The van der Waals surface area contributed by atoms with Crippen LogP contribution in [-0.4, -0.2) is 23.4 Å². The third-order valence-electron chi connectivity index (χ3n) is 2.73. The molecular weight excluding hydrogens is 241 g/mol. The molecule has 1 unspecified atom stereocenters. The first-order valence-corrected chi connectivity index (χ1v) is 5.53. The summed E-state index contributed by atoms with van der Waals surface area (Å²) >= 11 is 0. The molecule has 1 amide bonds. The summed E-state index contributed by atoms with van der Waals surface area (Å²) in [6.45, 7) is 0.434. The zero-order chi connectivity index (χ0) is 13.1. The van der Waals surface area contributed by atoms with Crippen molar-refractivity contribution in [3.8, 4) is 0 Å². The van der Waals surface area contributed by atoms with Crippen LogP contribution in [0.2, 0.25) is 0 Å².